The number of nitrogens with zero attached hydrogens (tertiary/aromatic N) is 4. The highest BCUT2D eigenvalue weighted by atomic mass is 32.1. The normalized spacial score (nSPS) is 17.2. The second-order valence-corrected chi connectivity index (χ2v) is 9.32. The predicted octanol–water partition coefficient (Wildman–Crippen LogP) is 4.92. The number of aromatic nitrogens is 4. The van der Waals surface area contributed by atoms with E-state index < -0.39 is 0 Å². The lowest BCUT2D eigenvalue weighted by Crippen LogP contribution is -2.30. The van der Waals surface area contributed by atoms with Crippen molar-refractivity contribution in [3.05, 3.63) is 46.7 Å². The average molecular weight is 408 g/mol. The van der Waals surface area contributed by atoms with Gasteiger partial charge in [-0.15, -0.1) is 11.3 Å². The Morgan fingerprint density at radius 1 is 1.34 bits per heavy atom. The summed E-state index contributed by atoms with van der Waals surface area (Å²) in [6.45, 7) is 8.03. The van der Waals surface area contributed by atoms with Crippen molar-refractivity contribution in [2.45, 2.75) is 46.2 Å². The molecule has 1 atom stereocenters. The van der Waals surface area contributed by atoms with E-state index in [9.17, 15) is 4.79 Å². The molecule has 3 aromatic heterocycles. The second-order valence-electron chi connectivity index (χ2n) is 8.29. The lowest BCUT2D eigenvalue weighted by molar-refractivity contribution is 0.0735. The molecule has 0 radical (unpaired) electrons. The topological polar surface area (TPSA) is 66.8 Å². The van der Waals surface area contributed by atoms with Gasteiger partial charge in [0.15, 0.2) is 0 Å². The van der Waals surface area contributed by atoms with Gasteiger partial charge in [-0.3, -0.25) is 9.48 Å². The van der Waals surface area contributed by atoms with Gasteiger partial charge in [0.25, 0.3) is 5.91 Å². The third-order valence-corrected chi connectivity index (χ3v) is 6.73. The van der Waals surface area contributed by atoms with Crippen LogP contribution in [0, 0.1) is 12.8 Å². The number of carbonyl (C=O) groups is 1. The zero-order valence-electron chi connectivity index (χ0n) is 17.0. The molecule has 1 aromatic carbocycles. The number of para-hydroxylation sites is 2. The van der Waals surface area contributed by atoms with Crippen molar-refractivity contribution in [3.8, 4) is 0 Å². The van der Waals surface area contributed by atoms with Crippen LogP contribution in [0.25, 0.3) is 21.3 Å². The van der Waals surface area contributed by atoms with Crippen LogP contribution in [0.1, 0.15) is 53.9 Å². The third kappa shape index (κ3) is 3.13. The van der Waals surface area contributed by atoms with Crippen molar-refractivity contribution in [1.82, 2.24) is 24.6 Å². The van der Waals surface area contributed by atoms with E-state index in [1.165, 1.54) is 0 Å². The summed E-state index contributed by atoms with van der Waals surface area (Å²) in [5, 5.41) is 5.76. The van der Waals surface area contributed by atoms with Crippen LogP contribution >= 0.6 is 11.3 Å². The molecule has 1 saturated heterocycles. The van der Waals surface area contributed by atoms with E-state index in [1.54, 1.807) is 11.3 Å². The Balaban J connectivity index is 1.47. The Bertz CT molecular complexity index is 1170. The molecule has 5 rings (SSSR count). The van der Waals surface area contributed by atoms with Crippen LogP contribution in [0.3, 0.4) is 0 Å². The second kappa shape index (κ2) is 6.99. The van der Waals surface area contributed by atoms with Crippen LogP contribution in [0.4, 0.5) is 0 Å². The molecular weight excluding hydrogens is 382 g/mol. The van der Waals surface area contributed by atoms with Gasteiger partial charge in [-0.05, 0) is 43.9 Å². The minimum absolute atomic E-state index is 0.00775. The van der Waals surface area contributed by atoms with Gasteiger partial charge in [0.05, 0.1) is 27.6 Å². The van der Waals surface area contributed by atoms with Crippen molar-refractivity contribution >= 4 is 38.5 Å². The van der Waals surface area contributed by atoms with E-state index in [4.69, 9.17) is 4.98 Å². The van der Waals surface area contributed by atoms with E-state index >= 15 is 0 Å². The Morgan fingerprint density at radius 3 is 2.97 bits per heavy atom. The van der Waals surface area contributed by atoms with Crippen molar-refractivity contribution < 1.29 is 4.79 Å². The molecule has 1 aliphatic heterocycles. The fourth-order valence-corrected chi connectivity index (χ4v) is 5.38. The number of hydrogen-bond acceptors (Lipinski definition) is 4. The molecule has 150 valence electrons. The summed E-state index contributed by atoms with van der Waals surface area (Å²) >= 11 is 1.56. The minimum atomic E-state index is 0.00775. The fraction of sp³-hybridized carbons (Fsp3) is 0.409. The fourth-order valence-electron chi connectivity index (χ4n) is 4.25. The zero-order valence-corrected chi connectivity index (χ0v) is 17.8. The van der Waals surface area contributed by atoms with E-state index in [1.807, 2.05) is 42.2 Å². The number of carbonyl (C=O) groups excluding carboxylic acids is 1. The highest BCUT2D eigenvalue weighted by Crippen LogP contribution is 2.36. The Kier molecular flexibility index (Phi) is 4.42. The SMILES string of the molecule is Cc1nn(CC(C)C)c2sc(C(=O)N3CCC[C@H]3c3nc4ccccc4[nH]3)cc12. The molecule has 1 aliphatic rings. The number of nitrogens with one attached hydrogen (secondary N) is 1. The van der Waals surface area contributed by atoms with Crippen LogP contribution in [-0.2, 0) is 6.54 Å². The molecule has 0 aliphatic carbocycles. The third-order valence-electron chi connectivity index (χ3n) is 5.59. The molecule has 0 bridgehead atoms. The maximum Gasteiger partial charge on any atom is 0.264 e. The van der Waals surface area contributed by atoms with Crippen molar-refractivity contribution in [2.24, 2.45) is 5.92 Å². The summed E-state index contributed by atoms with van der Waals surface area (Å²) in [5.74, 6) is 1.50. The van der Waals surface area contributed by atoms with Crippen LogP contribution < -0.4 is 0 Å². The van der Waals surface area contributed by atoms with Gasteiger partial charge >= 0.3 is 0 Å². The molecule has 1 fully saturated rings. The van der Waals surface area contributed by atoms with Gasteiger partial charge in [-0.2, -0.15) is 5.10 Å². The van der Waals surface area contributed by atoms with Gasteiger partial charge in [-0.1, -0.05) is 26.0 Å². The summed E-state index contributed by atoms with van der Waals surface area (Å²) in [6.07, 6.45) is 1.94. The number of H-pyrrole nitrogens is 1. The summed E-state index contributed by atoms with van der Waals surface area (Å²) in [4.78, 5) is 25.5. The van der Waals surface area contributed by atoms with Crippen molar-refractivity contribution in [1.29, 1.82) is 0 Å². The van der Waals surface area contributed by atoms with Crippen LogP contribution in [0.5, 0.6) is 0 Å². The highest BCUT2D eigenvalue weighted by Gasteiger charge is 2.33. The van der Waals surface area contributed by atoms with Crippen LogP contribution in [0.2, 0.25) is 0 Å². The standard InChI is InChI=1S/C22H25N5OS/c1-13(2)12-27-22-15(14(3)25-27)11-19(29-22)21(28)26-10-6-9-18(26)20-23-16-7-4-5-8-17(16)24-20/h4-5,7-8,11,13,18H,6,9-10,12H2,1-3H3,(H,23,24)/t18-/m0/s1. The Hall–Kier alpha value is -2.67. The molecule has 0 saturated carbocycles. The van der Waals surface area contributed by atoms with E-state index in [0.717, 1.165) is 63.6 Å². The monoisotopic (exact) mass is 407 g/mol. The summed E-state index contributed by atoms with van der Waals surface area (Å²) in [5.41, 5.74) is 2.97. The van der Waals surface area contributed by atoms with E-state index in [-0.39, 0.29) is 11.9 Å². The lowest BCUT2D eigenvalue weighted by atomic mass is 10.2. The average Bonchev–Trinajstić information content (AvgIpc) is 3.45. The van der Waals surface area contributed by atoms with E-state index in [2.05, 4.69) is 28.6 Å². The Labute approximate surface area is 173 Å². The first-order chi connectivity index (χ1) is 14.0. The zero-order chi connectivity index (χ0) is 20.1. The quantitative estimate of drug-likeness (QED) is 0.522. The summed E-state index contributed by atoms with van der Waals surface area (Å²) in [6, 6.07) is 10.1. The molecule has 29 heavy (non-hydrogen) atoms. The molecule has 7 heteroatoms. The van der Waals surface area contributed by atoms with Crippen molar-refractivity contribution in [3.63, 3.8) is 0 Å². The van der Waals surface area contributed by atoms with Crippen molar-refractivity contribution in [2.75, 3.05) is 6.54 Å². The largest absolute Gasteiger partial charge is 0.340 e. The lowest BCUT2D eigenvalue weighted by Gasteiger charge is -2.22. The highest BCUT2D eigenvalue weighted by molar-refractivity contribution is 7.20. The first kappa shape index (κ1) is 18.4. The number of aryl methyl sites for hydroxylation is 1. The van der Waals surface area contributed by atoms with Gasteiger partial charge in [0.2, 0.25) is 0 Å². The summed E-state index contributed by atoms with van der Waals surface area (Å²) < 4.78 is 2.05. The minimum Gasteiger partial charge on any atom is -0.340 e. The molecular formula is C22H25N5OS. The molecule has 1 amide bonds. The number of benzene rings is 1. The Morgan fingerprint density at radius 2 is 2.17 bits per heavy atom. The number of thiophene rings is 1. The molecule has 6 nitrogen and oxygen atoms in total. The number of aromatic amines is 1. The molecule has 1 N–H and O–H groups in total. The first-order valence-electron chi connectivity index (χ1n) is 10.2. The number of fused-ring (bicyclic) bond motifs is 2. The van der Waals surface area contributed by atoms with Crippen LogP contribution in [0.15, 0.2) is 30.3 Å². The van der Waals surface area contributed by atoms with Gasteiger partial charge in [0, 0.05) is 18.5 Å². The van der Waals surface area contributed by atoms with Gasteiger partial charge in [-0.25, -0.2) is 4.98 Å². The number of imidazole rings is 1. The number of rotatable bonds is 4. The maximum absolute atomic E-state index is 13.4. The summed E-state index contributed by atoms with van der Waals surface area (Å²) in [7, 11) is 0. The van der Waals surface area contributed by atoms with Crippen LogP contribution in [-0.4, -0.2) is 37.1 Å². The van der Waals surface area contributed by atoms with Gasteiger partial charge in [0.1, 0.15) is 10.7 Å². The smallest absolute Gasteiger partial charge is 0.264 e. The van der Waals surface area contributed by atoms with E-state index in [0.29, 0.717) is 5.92 Å². The van der Waals surface area contributed by atoms with Gasteiger partial charge < -0.3 is 9.88 Å². The molecule has 0 unspecified atom stereocenters. The number of hydrogen-bond donors (Lipinski definition) is 1. The number of likely N-dealkylation sites (tertiary alicyclic amines) is 1. The number of amides is 1. The molecule has 4 aromatic rings. The first-order valence-corrected chi connectivity index (χ1v) is 11.1. The molecule has 0 spiro atoms. The molecule has 4 heterocycles. The maximum atomic E-state index is 13.4. The predicted molar refractivity (Wildman–Crippen MR) is 116 cm³/mol.